The number of piperazine rings is 1. The molecule has 0 saturated carbocycles. The zero-order valence-corrected chi connectivity index (χ0v) is 18.2. The van der Waals surface area contributed by atoms with Gasteiger partial charge in [0.1, 0.15) is 0 Å². The van der Waals surface area contributed by atoms with Crippen LogP contribution in [0.15, 0.2) is 42.5 Å². The first kappa shape index (κ1) is 20.5. The summed E-state index contributed by atoms with van der Waals surface area (Å²) in [5.41, 5.74) is 5.34. The van der Waals surface area contributed by atoms with Crippen molar-refractivity contribution in [1.29, 1.82) is 0 Å². The van der Waals surface area contributed by atoms with Crippen molar-refractivity contribution in [2.24, 2.45) is 0 Å². The van der Waals surface area contributed by atoms with E-state index in [1.807, 2.05) is 12.1 Å². The fraction of sp³-hybridized carbons (Fsp3) is 0.375. The zero-order chi connectivity index (χ0) is 22.2. The molecule has 2 aromatic carbocycles. The summed E-state index contributed by atoms with van der Waals surface area (Å²) >= 11 is 0. The van der Waals surface area contributed by atoms with Crippen molar-refractivity contribution in [2.75, 3.05) is 37.6 Å². The minimum atomic E-state index is -0.533. The van der Waals surface area contributed by atoms with Gasteiger partial charge in [-0.15, -0.1) is 0 Å². The van der Waals surface area contributed by atoms with Crippen LogP contribution < -0.4 is 10.2 Å². The first-order chi connectivity index (χ1) is 15.5. The van der Waals surface area contributed by atoms with Gasteiger partial charge in [0.2, 0.25) is 5.91 Å². The SMILES string of the molecule is Cc1ccccc1N1CCN(Cc2ccc3c(c2)CN(N2CCC(=O)NC2=O)C3=O)CC1. The van der Waals surface area contributed by atoms with Crippen molar-refractivity contribution in [2.45, 2.75) is 26.4 Å². The average molecular weight is 434 g/mol. The lowest BCUT2D eigenvalue weighted by molar-refractivity contribution is -0.123. The van der Waals surface area contributed by atoms with E-state index in [-0.39, 0.29) is 24.8 Å². The van der Waals surface area contributed by atoms with Crippen LogP contribution in [-0.4, -0.2) is 65.5 Å². The average Bonchev–Trinajstić information content (AvgIpc) is 3.10. The summed E-state index contributed by atoms with van der Waals surface area (Å²) in [5.74, 6) is -0.497. The summed E-state index contributed by atoms with van der Waals surface area (Å²) in [5, 5.41) is 5.06. The fourth-order valence-electron chi connectivity index (χ4n) is 4.76. The first-order valence-electron chi connectivity index (χ1n) is 11.1. The number of carbonyl (C=O) groups is 3. The number of para-hydroxylation sites is 1. The molecule has 0 bridgehead atoms. The van der Waals surface area contributed by atoms with E-state index in [0.717, 1.165) is 38.3 Å². The highest BCUT2D eigenvalue weighted by atomic mass is 16.2. The molecule has 2 saturated heterocycles. The highest BCUT2D eigenvalue weighted by Crippen LogP contribution is 2.27. The van der Waals surface area contributed by atoms with Gasteiger partial charge in [-0.05, 0) is 35.7 Å². The van der Waals surface area contributed by atoms with Crippen LogP contribution in [0.4, 0.5) is 10.5 Å². The van der Waals surface area contributed by atoms with Gasteiger partial charge in [-0.1, -0.05) is 30.3 Å². The predicted octanol–water partition coefficient (Wildman–Crippen LogP) is 2.13. The second kappa shape index (κ2) is 8.27. The Hall–Kier alpha value is -3.39. The highest BCUT2D eigenvalue weighted by molar-refractivity contribution is 6.01. The summed E-state index contributed by atoms with van der Waals surface area (Å²) in [7, 11) is 0. The summed E-state index contributed by atoms with van der Waals surface area (Å²) < 4.78 is 0. The van der Waals surface area contributed by atoms with E-state index >= 15 is 0 Å². The third-order valence-electron chi connectivity index (χ3n) is 6.51. The first-order valence-corrected chi connectivity index (χ1v) is 11.1. The molecule has 0 spiro atoms. The van der Waals surface area contributed by atoms with E-state index in [9.17, 15) is 14.4 Å². The van der Waals surface area contributed by atoms with Crippen molar-refractivity contribution in [3.05, 3.63) is 64.7 Å². The number of nitrogens with one attached hydrogen (secondary N) is 1. The normalized spacial score (nSPS) is 19.4. The number of hydrogen-bond acceptors (Lipinski definition) is 5. The maximum Gasteiger partial charge on any atom is 0.342 e. The highest BCUT2D eigenvalue weighted by Gasteiger charge is 2.36. The van der Waals surface area contributed by atoms with Gasteiger partial charge in [-0.3, -0.25) is 19.8 Å². The molecule has 5 rings (SSSR count). The summed E-state index contributed by atoms with van der Waals surface area (Å²) in [6.45, 7) is 7.52. The number of nitrogens with zero attached hydrogens (tertiary/aromatic N) is 4. The Balaban J connectivity index is 1.22. The molecule has 4 amide bonds. The molecule has 0 radical (unpaired) electrons. The van der Waals surface area contributed by atoms with Gasteiger partial charge in [-0.2, -0.15) is 0 Å². The number of imide groups is 1. The Morgan fingerprint density at radius 2 is 1.69 bits per heavy atom. The molecule has 8 heteroatoms. The third kappa shape index (κ3) is 3.82. The van der Waals surface area contributed by atoms with Crippen molar-refractivity contribution in [1.82, 2.24) is 20.2 Å². The van der Waals surface area contributed by atoms with Gasteiger partial charge < -0.3 is 4.90 Å². The van der Waals surface area contributed by atoms with Gasteiger partial charge in [0.05, 0.1) is 13.1 Å². The van der Waals surface area contributed by atoms with Crippen LogP contribution in [0, 0.1) is 6.92 Å². The fourth-order valence-corrected chi connectivity index (χ4v) is 4.76. The smallest absolute Gasteiger partial charge is 0.342 e. The number of urea groups is 1. The number of carbonyl (C=O) groups excluding carboxylic acids is 3. The van der Waals surface area contributed by atoms with Gasteiger partial charge in [0.25, 0.3) is 5.91 Å². The number of rotatable bonds is 4. The van der Waals surface area contributed by atoms with Crippen LogP contribution in [0.25, 0.3) is 0 Å². The van der Waals surface area contributed by atoms with E-state index in [0.29, 0.717) is 12.1 Å². The Morgan fingerprint density at radius 1 is 0.906 bits per heavy atom. The standard InChI is InChI=1S/C24H27N5O3/c1-17-4-2-3-5-21(17)27-12-10-26(11-13-27)15-18-6-7-20-19(14-18)16-29(23(20)31)28-9-8-22(30)25-24(28)32/h2-7,14H,8-13,15-16H2,1H3,(H,25,30,32). The molecular formula is C24H27N5O3. The molecule has 0 unspecified atom stereocenters. The Bertz CT molecular complexity index is 1080. The van der Waals surface area contributed by atoms with Crippen molar-refractivity contribution in [3.63, 3.8) is 0 Å². The lowest BCUT2D eigenvalue weighted by atomic mass is 10.1. The number of benzene rings is 2. The van der Waals surface area contributed by atoms with Crippen molar-refractivity contribution >= 4 is 23.5 Å². The number of amides is 4. The molecule has 0 atom stereocenters. The maximum absolute atomic E-state index is 12.8. The number of fused-ring (bicyclic) bond motifs is 1. The molecule has 2 fully saturated rings. The maximum atomic E-state index is 12.8. The van der Waals surface area contributed by atoms with Gasteiger partial charge in [0.15, 0.2) is 0 Å². The van der Waals surface area contributed by atoms with Crippen LogP contribution in [-0.2, 0) is 17.9 Å². The molecule has 2 aromatic rings. The Kier molecular flexibility index (Phi) is 5.30. The zero-order valence-electron chi connectivity index (χ0n) is 18.2. The van der Waals surface area contributed by atoms with Gasteiger partial charge in [-0.25, -0.2) is 14.8 Å². The molecule has 32 heavy (non-hydrogen) atoms. The molecule has 0 aromatic heterocycles. The van der Waals surface area contributed by atoms with E-state index in [1.165, 1.54) is 26.8 Å². The van der Waals surface area contributed by atoms with E-state index < -0.39 is 6.03 Å². The minimum Gasteiger partial charge on any atom is -0.369 e. The summed E-state index contributed by atoms with van der Waals surface area (Å²) in [4.78, 5) is 41.3. The molecule has 166 valence electrons. The third-order valence-corrected chi connectivity index (χ3v) is 6.51. The summed E-state index contributed by atoms with van der Waals surface area (Å²) in [6.07, 6.45) is 0.200. The number of hydrazine groups is 1. The lowest BCUT2D eigenvalue weighted by Gasteiger charge is -2.36. The van der Waals surface area contributed by atoms with E-state index in [2.05, 4.69) is 52.4 Å². The van der Waals surface area contributed by atoms with Crippen molar-refractivity contribution in [3.8, 4) is 0 Å². The lowest BCUT2D eigenvalue weighted by Crippen LogP contribution is -2.56. The van der Waals surface area contributed by atoms with Gasteiger partial charge in [0, 0.05) is 50.4 Å². The Labute approximate surface area is 187 Å². The van der Waals surface area contributed by atoms with Crippen LogP contribution in [0.5, 0.6) is 0 Å². The molecule has 0 aliphatic carbocycles. The van der Waals surface area contributed by atoms with Crippen LogP contribution in [0.1, 0.15) is 33.5 Å². The largest absolute Gasteiger partial charge is 0.369 e. The second-order valence-electron chi connectivity index (χ2n) is 8.63. The molecule has 1 N–H and O–H groups in total. The van der Waals surface area contributed by atoms with Crippen LogP contribution >= 0.6 is 0 Å². The number of aryl methyl sites for hydroxylation is 1. The van der Waals surface area contributed by atoms with Gasteiger partial charge >= 0.3 is 6.03 Å². The monoisotopic (exact) mass is 433 g/mol. The summed E-state index contributed by atoms with van der Waals surface area (Å²) in [6, 6.07) is 13.9. The topological polar surface area (TPSA) is 76.2 Å². The van der Waals surface area contributed by atoms with Crippen LogP contribution in [0.2, 0.25) is 0 Å². The number of hydrogen-bond donors (Lipinski definition) is 1. The van der Waals surface area contributed by atoms with Crippen molar-refractivity contribution < 1.29 is 14.4 Å². The number of anilines is 1. The van der Waals surface area contributed by atoms with Crippen LogP contribution in [0.3, 0.4) is 0 Å². The molecular weight excluding hydrogens is 406 g/mol. The predicted molar refractivity (Wildman–Crippen MR) is 120 cm³/mol. The quantitative estimate of drug-likeness (QED) is 0.800. The molecule has 3 heterocycles. The molecule has 3 aliphatic heterocycles. The second-order valence-corrected chi connectivity index (χ2v) is 8.63. The molecule has 3 aliphatic rings. The molecule has 8 nitrogen and oxygen atoms in total. The minimum absolute atomic E-state index is 0.192. The van der Waals surface area contributed by atoms with E-state index in [1.54, 1.807) is 0 Å². The Morgan fingerprint density at radius 3 is 2.44 bits per heavy atom. The van der Waals surface area contributed by atoms with E-state index in [4.69, 9.17) is 0 Å².